The molecular formula is C13H20N2O4. The van der Waals surface area contributed by atoms with Gasteiger partial charge in [-0.2, -0.15) is 0 Å². The maximum Gasteiger partial charge on any atom is 0.242 e. The molecule has 0 bridgehead atoms. The van der Waals surface area contributed by atoms with Crippen LogP contribution >= 0.6 is 0 Å². The lowest BCUT2D eigenvalue weighted by molar-refractivity contribution is -0.146. The summed E-state index contributed by atoms with van der Waals surface area (Å²) in [4.78, 5) is 37.8. The van der Waals surface area contributed by atoms with Crippen LogP contribution in [-0.2, 0) is 19.1 Å². The monoisotopic (exact) mass is 268 g/mol. The second-order valence-electron chi connectivity index (χ2n) is 5.15. The van der Waals surface area contributed by atoms with Crippen LogP contribution in [0.5, 0.6) is 0 Å². The van der Waals surface area contributed by atoms with Gasteiger partial charge in [0, 0.05) is 39.6 Å². The van der Waals surface area contributed by atoms with Crippen LogP contribution in [0.25, 0.3) is 0 Å². The number of hydrogen-bond acceptors (Lipinski definition) is 4. The second kappa shape index (κ2) is 6.14. The maximum atomic E-state index is 12.1. The van der Waals surface area contributed by atoms with Gasteiger partial charge in [0.05, 0.1) is 0 Å². The molecule has 106 valence electrons. The van der Waals surface area contributed by atoms with Gasteiger partial charge in [-0.3, -0.25) is 19.3 Å². The minimum absolute atomic E-state index is 0.0907. The molecule has 0 saturated carbocycles. The van der Waals surface area contributed by atoms with Gasteiger partial charge in [0.15, 0.2) is 0 Å². The van der Waals surface area contributed by atoms with Crippen molar-refractivity contribution in [1.29, 1.82) is 0 Å². The summed E-state index contributed by atoms with van der Waals surface area (Å²) in [5.74, 6) is -0.0798. The molecule has 2 aliphatic rings. The zero-order chi connectivity index (χ0) is 13.8. The minimum Gasteiger partial charge on any atom is -0.384 e. The summed E-state index contributed by atoms with van der Waals surface area (Å²) in [7, 11) is 1.68. The standard InChI is InChI=1S/C13H20N2O4/c1-19-9-10-4-6-14(7-5-10)13(18)8-15-11(16)2-3-12(15)17/h10H,2-9H2,1H3. The molecule has 2 heterocycles. The largest absolute Gasteiger partial charge is 0.384 e. The van der Waals surface area contributed by atoms with Crippen molar-refractivity contribution in [2.75, 3.05) is 33.4 Å². The van der Waals surface area contributed by atoms with Crippen LogP contribution in [0.2, 0.25) is 0 Å². The molecule has 3 amide bonds. The molecule has 0 aromatic heterocycles. The molecule has 6 nitrogen and oxygen atoms in total. The Labute approximate surface area is 112 Å². The first kappa shape index (κ1) is 14.0. The summed E-state index contributed by atoms with van der Waals surface area (Å²) in [6, 6.07) is 0. The van der Waals surface area contributed by atoms with E-state index in [4.69, 9.17) is 4.74 Å². The van der Waals surface area contributed by atoms with E-state index in [1.165, 1.54) is 0 Å². The Morgan fingerprint density at radius 2 is 1.79 bits per heavy atom. The molecule has 0 aliphatic carbocycles. The minimum atomic E-state index is -0.229. The van der Waals surface area contributed by atoms with Gasteiger partial charge >= 0.3 is 0 Å². The molecule has 2 saturated heterocycles. The van der Waals surface area contributed by atoms with E-state index in [1.807, 2.05) is 0 Å². The number of methoxy groups -OCH3 is 1. The third-order valence-corrected chi connectivity index (χ3v) is 3.82. The van der Waals surface area contributed by atoms with Gasteiger partial charge in [-0.25, -0.2) is 0 Å². The van der Waals surface area contributed by atoms with E-state index in [9.17, 15) is 14.4 Å². The maximum absolute atomic E-state index is 12.1. The predicted molar refractivity (Wildman–Crippen MR) is 67.1 cm³/mol. The molecule has 0 aromatic carbocycles. The van der Waals surface area contributed by atoms with Crippen LogP contribution in [0.3, 0.4) is 0 Å². The number of likely N-dealkylation sites (tertiary alicyclic amines) is 2. The normalized spacial score (nSPS) is 21.3. The predicted octanol–water partition coefficient (Wildman–Crippen LogP) is 0.0204. The lowest BCUT2D eigenvalue weighted by Crippen LogP contribution is -2.45. The number of amides is 3. The number of rotatable bonds is 4. The van der Waals surface area contributed by atoms with Gasteiger partial charge in [-0.05, 0) is 18.8 Å². The summed E-state index contributed by atoms with van der Waals surface area (Å²) >= 11 is 0. The highest BCUT2D eigenvalue weighted by molar-refractivity contribution is 6.04. The smallest absolute Gasteiger partial charge is 0.242 e. The van der Waals surface area contributed by atoms with Crippen LogP contribution in [0.15, 0.2) is 0 Å². The Balaban J connectivity index is 1.81. The van der Waals surface area contributed by atoms with Crippen LogP contribution in [-0.4, -0.2) is 60.9 Å². The number of carbonyl (C=O) groups excluding carboxylic acids is 3. The fourth-order valence-corrected chi connectivity index (χ4v) is 2.62. The van der Waals surface area contributed by atoms with E-state index in [0.717, 1.165) is 24.3 Å². The third kappa shape index (κ3) is 3.32. The Kier molecular flexibility index (Phi) is 4.52. The molecule has 0 radical (unpaired) electrons. The van der Waals surface area contributed by atoms with E-state index < -0.39 is 0 Å². The summed E-state index contributed by atoms with van der Waals surface area (Å²) in [6.45, 7) is 2.00. The molecule has 0 aromatic rings. The fraction of sp³-hybridized carbons (Fsp3) is 0.769. The van der Waals surface area contributed by atoms with Crippen molar-refractivity contribution >= 4 is 17.7 Å². The van der Waals surface area contributed by atoms with Crippen molar-refractivity contribution < 1.29 is 19.1 Å². The first-order chi connectivity index (χ1) is 9.11. The Bertz CT molecular complexity index is 359. The number of hydrogen-bond donors (Lipinski definition) is 0. The SMILES string of the molecule is COCC1CCN(C(=O)CN2C(=O)CCC2=O)CC1. The zero-order valence-corrected chi connectivity index (χ0v) is 11.3. The van der Waals surface area contributed by atoms with E-state index >= 15 is 0 Å². The van der Waals surface area contributed by atoms with Gasteiger partial charge in [-0.15, -0.1) is 0 Å². The Hall–Kier alpha value is -1.43. The highest BCUT2D eigenvalue weighted by Crippen LogP contribution is 2.18. The summed E-state index contributed by atoms with van der Waals surface area (Å²) in [6.07, 6.45) is 2.31. The highest BCUT2D eigenvalue weighted by atomic mass is 16.5. The molecule has 0 unspecified atom stereocenters. The van der Waals surface area contributed by atoms with E-state index in [0.29, 0.717) is 19.0 Å². The number of ether oxygens (including phenoxy) is 1. The lowest BCUT2D eigenvalue weighted by atomic mass is 9.98. The summed E-state index contributed by atoms with van der Waals surface area (Å²) in [5, 5.41) is 0. The Morgan fingerprint density at radius 1 is 1.21 bits per heavy atom. The second-order valence-corrected chi connectivity index (χ2v) is 5.15. The topological polar surface area (TPSA) is 66.9 Å². The molecule has 19 heavy (non-hydrogen) atoms. The molecule has 0 atom stereocenters. The van der Waals surface area contributed by atoms with Gasteiger partial charge in [-0.1, -0.05) is 0 Å². The average Bonchev–Trinajstić information content (AvgIpc) is 2.72. The average molecular weight is 268 g/mol. The molecule has 2 aliphatic heterocycles. The van der Waals surface area contributed by atoms with E-state index in [-0.39, 0.29) is 37.1 Å². The van der Waals surface area contributed by atoms with Gasteiger partial charge in [0.25, 0.3) is 0 Å². The molecule has 2 fully saturated rings. The lowest BCUT2D eigenvalue weighted by Gasteiger charge is -2.32. The summed E-state index contributed by atoms with van der Waals surface area (Å²) < 4.78 is 5.11. The molecule has 0 spiro atoms. The Morgan fingerprint density at radius 3 is 2.32 bits per heavy atom. The first-order valence-corrected chi connectivity index (χ1v) is 6.71. The summed E-state index contributed by atoms with van der Waals surface area (Å²) in [5.41, 5.74) is 0. The number of piperidine rings is 1. The molecule has 0 N–H and O–H groups in total. The number of imide groups is 1. The third-order valence-electron chi connectivity index (χ3n) is 3.82. The van der Waals surface area contributed by atoms with Crippen molar-refractivity contribution in [3.8, 4) is 0 Å². The van der Waals surface area contributed by atoms with Gasteiger partial charge in [0.2, 0.25) is 17.7 Å². The van der Waals surface area contributed by atoms with Crippen molar-refractivity contribution in [2.24, 2.45) is 5.92 Å². The van der Waals surface area contributed by atoms with Crippen molar-refractivity contribution in [3.63, 3.8) is 0 Å². The highest BCUT2D eigenvalue weighted by Gasteiger charge is 2.32. The molecule has 6 heteroatoms. The number of carbonyl (C=O) groups is 3. The van der Waals surface area contributed by atoms with Gasteiger partial charge in [0.1, 0.15) is 6.54 Å². The van der Waals surface area contributed by atoms with Crippen LogP contribution in [0.4, 0.5) is 0 Å². The molecule has 2 rings (SSSR count). The molecular weight excluding hydrogens is 248 g/mol. The van der Waals surface area contributed by atoms with Gasteiger partial charge < -0.3 is 9.64 Å². The van der Waals surface area contributed by atoms with E-state index in [1.54, 1.807) is 12.0 Å². The van der Waals surface area contributed by atoms with Crippen LogP contribution in [0, 0.1) is 5.92 Å². The van der Waals surface area contributed by atoms with Crippen molar-refractivity contribution in [3.05, 3.63) is 0 Å². The van der Waals surface area contributed by atoms with E-state index in [2.05, 4.69) is 0 Å². The number of nitrogens with zero attached hydrogens (tertiary/aromatic N) is 2. The van der Waals surface area contributed by atoms with Crippen molar-refractivity contribution in [2.45, 2.75) is 25.7 Å². The quantitative estimate of drug-likeness (QED) is 0.674. The van der Waals surface area contributed by atoms with Crippen LogP contribution < -0.4 is 0 Å². The van der Waals surface area contributed by atoms with Crippen LogP contribution in [0.1, 0.15) is 25.7 Å². The zero-order valence-electron chi connectivity index (χ0n) is 11.3. The van der Waals surface area contributed by atoms with Crippen molar-refractivity contribution in [1.82, 2.24) is 9.80 Å². The first-order valence-electron chi connectivity index (χ1n) is 6.71. The fourth-order valence-electron chi connectivity index (χ4n) is 2.62.